The smallest absolute Gasteiger partial charge is 0.258 e. The number of anilines is 1. The van der Waals surface area contributed by atoms with Crippen molar-refractivity contribution in [2.45, 2.75) is 31.1 Å². The summed E-state index contributed by atoms with van der Waals surface area (Å²) in [6.07, 6.45) is 2.58. The van der Waals surface area contributed by atoms with Crippen LogP contribution in [0.3, 0.4) is 0 Å². The minimum absolute atomic E-state index is 0.161. The minimum Gasteiger partial charge on any atom is -0.493 e. The molecule has 1 aliphatic rings. The molecule has 1 amide bonds. The molecule has 3 rings (SSSR count). The molecule has 7 nitrogen and oxygen atoms in total. The van der Waals surface area contributed by atoms with E-state index in [-0.39, 0.29) is 10.8 Å². The third-order valence-electron chi connectivity index (χ3n) is 4.94. The van der Waals surface area contributed by atoms with Gasteiger partial charge < -0.3 is 14.4 Å². The van der Waals surface area contributed by atoms with E-state index in [1.54, 1.807) is 42.3 Å². The molecule has 0 aliphatic carbocycles. The van der Waals surface area contributed by atoms with Crippen molar-refractivity contribution in [1.82, 2.24) is 4.72 Å². The number of carbonyl (C=O) groups is 1. The van der Waals surface area contributed by atoms with Gasteiger partial charge in [-0.2, -0.15) is 0 Å². The number of amides is 1. The summed E-state index contributed by atoms with van der Waals surface area (Å²) in [6, 6.07) is 9.98. The van der Waals surface area contributed by atoms with E-state index in [4.69, 9.17) is 9.47 Å². The van der Waals surface area contributed by atoms with Crippen molar-refractivity contribution in [2.24, 2.45) is 0 Å². The van der Waals surface area contributed by atoms with Gasteiger partial charge in [0.15, 0.2) is 11.5 Å². The fourth-order valence-electron chi connectivity index (χ4n) is 3.28. The van der Waals surface area contributed by atoms with Crippen LogP contribution in [0.25, 0.3) is 0 Å². The largest absolute Gasteiger partial charge is 0.493 e. The summed E-state index contributed by atoms with van der Waals surface area (Å²) in [6.45, 7) is 3.18. The summed E-state index contributed by atoms with van der Waals surface area (Å²) in [5.41, 5.74) is 2.05. The van der Waals surface area contributed by atoms with Crippen LogP contribution >= 0.6 is 0 Å². The Bertz CT molecular complexity index is 1000. The van der Waals surface area contributed by atoms with E-state index in [0.717, 1.165) is 24.1 Å². The predicted octanol–water partition coefficient (Wildman–Crippen LogP) is 2.99. The van der Waals surface area contributed by atoms with Crippen LogP contribution in [0.15, 0.2) is 41.3 Å². The highest BCUT2D eigenvalue weighted by Gasteiger charge is 2.27. The van der Waals surface area contributed by atoms with Crippen LogP contribution in [0.2, 0.25) is 0 Å². The van der Waals surface area contributed by atoms with Crippen molar-refractivity contribution in [3.8, 4) is 11.5 Å². The molecule has 29 heavy (non-hydrogen) atoms. The number of carbonyl (C=O) groups excluding carboxylic acids is 1. The first-order valence-electron chi connectivity index (χ1n) is 9.60. The van der Waals surface area contributed by atoms with Crippen LogP contribution < -0.4 is 19.1 Å². The molecule has 1 aliphatic heterocycles. The van der Waals surface area contributed by atoms with E-state index in [2.05, 4.69) is 11.6 Å². The zero-order valence-corrected chi connectivity index (χ0v) is 17.7. The molecule has 0 atom stereocenters. The second kappa shape index (κ2) is 8.84. The first-order chi connectivity index (χ1) is 13.9. The zero-order chi connectivity index (χ0) is 21.0. The second-order valence-electron chi connectivity index (χ2n) is 6.77. The van der Waals surface area contributed by atoms with E-state index in [1.807, 2.05) is 0 Å². The van der Waals surface area contributed by atoms with Crippen molar-refractivity contribution >= 4 is 21.6 Å². The van der Waals surface area contributed by atoms with E-state index < -0.39 is 10.0 Å². The summed E-state index contributed by atoms with van der Waals surface area (Å²) < 4.78 is 37.5. The van der Waals surface area contributed by atoms with Gasteiger partial charge in [0.2, 0.25) is 10.0 Å². The fraction of sp³-hybridized carbons (Fsp3) is 0.381. The molecule has 0 radical (unpaired) electrons. The van der Waals surface area contributed by atoms with E-state index >= 15 is 0 Å². The lowest BCUT2D eigenvalue weighted by Gasteiger charge is -2.19. The Kier molecular flexibility index (Phi) is 6.44. The van der Waals surface area contributed by atoms with E-state index in [1.165, 1.54) is 13.1 Å². The molecule has 2 aromatic carbocycles. The Hall–Kier alpha value is -2.58. The van der Waals surface area contributed by atoms with E-state index in [9.17, 15) is 13.2 Å². The van der Waals surface area contributed by atoms with Gasteiger partial charge >= 0.3 is 0 Å². The monoisotopic (exact) mass is 418 g/mol. The van der Waals surface area contributed by atoms with Gasteiger partial charge in [-0.25, -0.2) is 13.1 Å². The molecule has 0 spiro atoms. The first kappa shape index (κ1) is 21.1. The van der Waals surface area contributed by atoms with Crippen LogP contribution in [0.4, 0.5) is 5.69 Å². The number of nitrogens with zero attached hydrogens (tertiary/aromatic N) is 1. The Morgan fingerprint density at radius 1 is 1.17 bits per heavy atom. The highest BCUT2D eigenvalue weighted by molar-refractivity contribution is 7.89. The van der Waals surface area contributed by atoms with Crippen LogP contribution in [-0.4, -0.2) is 41.6 Å². The highest BCUT2D eigenvalue weighted by Crippen LogP contribution is 2.33. The lowest BCUT2D eigenvalue weighted by Crippen LogP contribution is -2.28. The second-order valence-corrected chi connectivity index (χ2v) is 8.66. The number of sulfonamides is 1. The Labute approximate surface area is 171 Å². The van der Waals surface area contributed by atoms with Crippen molar-refractivity contribution in [1.29, 1.82) is 0 Å². The molecule has 0 aromatic heterocycles. The number of methoxy groups -OCH3 is 1. The third-order valence-corrected chi connectivity index (χ3v) is 6.35. The molecule has 0 saturated heterocycles. The molecule has 1 N–H and O–H groups in total. The topological polar surface area (TPSA) is 84.9 Å². The summed E-state index contributed by atoms with van der Waals surface area (Å²) >= 11 is 0. The number of benzene rings is 2. The van der Waals surface area contributed by atoms with Gasteiger partial charge in [-0.05, 0) is 61.9 Å². The molecule has 0 fully saturated rings. The zero-order valence-electron chi connectivity index (χ0n) is 16.9. The average molecular weight is 419 g/mol. The summed E-state index contributed by atoms with van der Waals surface area (Å²) in [5.74, 6) is 0.967. The fourth-order valence-corrected chi connectivity index (χ4v) is 4.06. The highest BCUT2D eigenvalue weighted by atomic mass is 32.2. The normalized spacial score (nSPS) is 13.3. The first-order valence-corrected chi connectivity index (χ1v) is 11.1. The summed E-state index contributed by atoms with van der Waals surface area (Å²) in [5, 5.41) is 0. The predicted molar refractivity (Wildman–Crippen MR) is 111 cm³/mol. The molecule has 156 valence electrons. The third kappa shape index (κ3) is 4.38. The number of hydrogen-bond acceptors (Lipinski definition) is 5. The maximum Gasteiger partial charge on any atom is 0.258 e. The van der Waals surface area contributed by atoms with Gasteiger partial charge in [-0.3, -0.25) is 4.79 Å². The van der Waals surface area contributed by atoms with Crippen molar-refractivity contribution in [3.63, 3.8) is 0 Å². The molecule has 8 heteroatoms. The lowest BCUT2D eigenvalue weighted by atomic mass is 10.1. The number of unbranched alkanes of at least 4 members (excludes halogenated alkanes) is 1. The van der Waals surface area contributed by atoms with Gasteiger partial charge in [-0.1, -0.05) is 13.3 Å². The summed E-state index contributed by atoms with van der Waals surface area (Å²) in [4.78, 5) is 14.9. The van der Waals surface area contributed by atoms with Crippen molar-refractivity contribution < 1.29 is 22.7 Å². The molecular formula is C21H26N2O5S. The van der Waals surface area contributed by atoms with Gasteiger partial charge in [0.1, 0.15) is 0 Å². The Morgan fingerprint density at radius 3 is 2.66 bits per heavy atom. The summed E-state index contributed by atoms with van der Waals surface area (Å²) in [7, 11) is -0.594. The molecule has 0 saturated carbocycles. The molecule has 0 bridgehead atoms. The number of rotatable bonds is 8. The van der Waals surface area contributed by atoms with Gasteiger partial charge in [0.05, 0.1) is 18.6 Å². The van der Waals surface area contributed by atoms with Crippen LogP contribution in [0.5, 0.6) is 11.5 Å². The van der Waals surface area contributed by atoms with Crippen LogP contribution in [0.1, 0.15) is 35.7 Å². The lowest BCUT2D eigenvalue weighted by molar-refractivity contribution is 0.0989. The van der Waals surface area contributed by atoms with Crippen molar-refractivity contribution in [2.75, 3.05) is 32.2 Å². The van der Waals surface area contributed by atoms with E-state index in [0.29, 0.717) is 36.6 Å². The number of nitrogens with one attached hydrogen (secondary N) is 1. The maximum atomic E-state index is 13.1. The quantitative estimate of drug-likeness (QED) is 0.666. The SMILES string of the molecule is CCCCOc1ccc(C(=O)N2CCc3cc(S(=O)(=O)NC)ccc32)cc1OC. The Balaban J connectivity index is 1.84. The van der Waals surface area contributed by atoms with Crippen LogP contribution in [-0.2, 0) is 16.4 Å². The van der Waals surface area contributed by atoms with Gasteiger partial charge in [-0.15, -0.1) is 0 Å². The Morgan fingerprint density at radius 2 is 1.97 bits per heavy atom. The van der Waals surface area contributed by atoms with Gasteiger partial charge in [0.25, 0.3) is 5.91 Å². The number of ether oxygens (including phenoxy) is 2. The van der Waals surface area contributed by atoms with Crippen LogP contribution in [0, 0.1) is 0 Å². The number of hydrogen-bond donors (Lipinski definition) is 1. The molecule has 1 heterocycles. The standard InChI is InChI=1S/C21H26N2O5S/c1-4-5-12-28-19-9-6-16(14-20(19)27-3)21(24)23-11-10-15-13-17(7-8-18(15)23)29(25,26)22-2/h6-9,13-14,22H,4-5,10-12H2,1-3H3. The maximum absolute atomic E-state index is 13.1. The molecular weight excluding hydrogens is 392 g/mol. The van der Waals surface area contributed by atoms with Crippen molar-refractivity contribution in [3.05, 3.63) is 47.5 Å². The van der Waals surface area contributed by atoms with Gasteiger partial charge in [0, 0.05) is 17.8 Å². The molecule has 0 unspecified atom stereocenters. The number of fused-ring (bicyclic) bond motifs is 1. The minimum atomic E-state index is -3.52. The molecule has 2 aromatic rings. The average Bonchev–Trinajstić information content (AvgIpc) is 3.16.